The summed E-state index contributed by atoms with van der Waals surface area (Å²) >= 11 is 0. The Hall–Kier alpha value is -1.35. The average molecular weight is 221 g/mol. The molecule has 1 unspecified atom stereocenters. The van der Waals surface area contributed by atoms with Crippen LogP contribution < -0.4 is 5.32 Å². The Labute approximate surface area is 96.5 Å². The molecule has 0 saturated carbocycles. The van der Waals surface area contributed by atoms with Crippen molar-refractivity contribution in [3.05, 3.63) is 35.4 Å². The first-order valence-corrected chi connectivity index (χ1v) is 5.82. The number of amides is 1. The van der Waals surface area contributed by atoms with Gasteiger partial charge in [-0.3, -0.25) is 4.79 Å². The fourth-order valence-corrected chi connectivity index (χ4v) is 1.92. The van der Waals surface area contributed by atoms with Gasteiger partial charge in [0.15, 0.2) is 5.72 Å². The van der Waals surface area contributed by atoms with E-state index in [0.717, 1.165) is 6.42 Å². The van der Waals surface area contributed by atoms with Crippen LogP contribution in [0.1, 0.15) is 49.5 Å². The number of aliphatic hydroxyl groups is 1. The lowest BCUT2D eigenvalue weighted by Crippen LogP contribution is -2.38. The van der Waals surface area contributed by atoms with Crippen LogP contribution in [0, 0.1) is 0 Å². The maximum Gasteiger partial charge on any atom is 0.254 e. The van der Waals surface area contributed by atoms with E-state index in [-0.39, 0.29) is 5.91 Å². The molecule has 1 aromatic rings. The average Bonchev–Trinajstić information content (AvgIpc) is 2.56. The summed E-state index contributed by atoms with van der Waals surface area (Å²) in [5, 5.41) is 12.8. The van der Waals surface area contributed by atoms with Crippen molar-refractivity contribution in [2.45, 2.75) is 39.3 Å². The van der Waals surface area contributed by atoms with Crippen LogP contribution >= 0.6 is 0 Å². The van der Waals surface area contributed by atoms with Gasteiger partial charge in [-0.25, -0.2) is 0 Å². The molecule has 2 rings (SSSR count). The molecule has 1 heterocycles. The Morgan fingerprint density at radius 1 is 1.31 bits per heavy atom. The first-order valence-electron chi connectivity index (χ1n) is 5.82. The summed E-state index contributed by atoms with van der Waals surface area (Å²) in [6.45, 7) is 5.98. The summed E-state index contributed by atoms with van der Waals surface area (Å²) in [6, 6.07) is 7.16. The highest BCUT2D eigenvalue weighted by Crippen LogP contribution is 2.32. The summed E-state index contributed by atoms with van der Waals surface area (Å²) in [5.41, 5.74) is 0.137. The molecule has 0 radical (unpaired) electrons. The molecule has 1 amide bonds. The molecule has 0 fully saturated rings. The molecular formula is C13H19NO2. The van der Waals surface area contributed by atoms with Gasteiger partial charge in [-0.1, -0.05) is 45.4 Å². The predicted molar refractivity (Wildman–Crippen MR) is 64.1 cm³/mol. The number of carbonyl (C=O) groups is 1. The van der Waals surface area contributed by atoms with E-state index in [1.54, 1.807) is 18.2 Å². The van der Waals surface area contributed by atoms with Crippen molar-refractivity contribution in [1.29, 1.82) is 0 Å². The maximum atomic E-state index is 11.5. The standard InChI is InChI=1S/C11H13NO2.C2H6/c1-2-7-11(14)9-6-4-3-5-8(9)10(13)12-11;1-2/h3-6,14H,2,7H2,1H3,(H,12,13);1-2H3. The SMILES string of the molecule is CC.CCCC1(O)NC(=O)c2ccccc21. The minimum absolute atomic E-state index is 0.184. The van der Waals surface area contributed by atoms with E-state index >= 15 is 0 Å². The van der Waals surface area contributed by atoms with Crippen LogP contribution in [0.5, 0.6) is 0 Å². The Kier molecular flexibility index (Phi) is 4.07. The lowest BCUT2D eigenvalue weighted by Gasteiger charge is -2.22. The molecule has 0 bridgehead atoms. The van der Waals surface area contributed by atoms with E-state index in [9.17, 15) is 9.90 Å². The van der Waals surface area contributed by atoms with Gasteiger partial charge in [0.1, 0.15) is 0 Å². The van der Waals surface area contributed by atoms with E-state index in [1.807, 2.05) is 26.8 Å². The molecule has 0 aliphatic carbocycles. The Morgan fingerprint density at radius 3 is 2.56 bits per heavy atom. The molecule has 0 spiro atoms. The molecule has 3 nitrogen and oxygen atoms in total. The molecule has 88 valence electrons. The van der Waals surface area contributed by atoms with Crippen LogP contribution in [-0.2, 0) is 5.72 Å². The molecule has 1 atom stereocenters. The number of hydrogen-bond acceptors (Lipinski definition) is 2. The normalized spacial score (nSPS) is 21.9. The Morgan fingerprint density at radius 2 is 1.94 bits per heavy atom. The first-order chi connectivity index (χ1) is 7.67. The zero-order valence-electron chi connectivity index (χ0n) is 10.1. The summed E-state index contributed by atoms with van der Waals surface area (Å²) < 4.78 is 0. The number of rotatable bonds is 2. The van der Waals surface area contributed by atoms with Crippen molar-refractivity contribution in [2.24, 2.45) is 0 Å². The van der Waals surface area contributed by atoms with Crippen LogP contribution in [0.4, 0.5) is 0 Å². The zero-order valence-corrected chi connectivity index (χ0v) is 10.1. The van der Waals surface area contributed by atoms with Gasteiger partial charge in [0, 0.05) is 11.1 Å². The zero-order chi connectivity index (χ0) is 12.2. The second-order valence-electron chi connectivity index (χ2n) is 3.61. The summed E-state index contributed by atoms with van der Waals surface area (Å²) in [5.74, 6) is -0.184. The van der Waals surface area contributed by atoms with E-state index in [2.05, 4.69) is 5.32 Å². The van der Waals surface area contributed by atoms with E-state index in [1.165, 1.54) is 0 Å². The molecule has 1 aliphatic rings. The molecule has 3 heteroatoms. The van der Waals surface area contributed by atoms with Crippen molar-refractivity contribution in [2.75, 3.05) is 0 Å². The molecule has 2 N–H and O–H groups in total. The highest BCUT2D eigenvalue weighted by atomic mass is 16.3. The second-order valence-corrected chi connectivity index (χ2v) is 3.61. The Bertz CT molecular complexity index is 376. The fraction of sp³-hybridized carbons (Fsp3) is 0.462. The summed E-state index contributed by atoms with van der Waals surface area (Å²) in [4.78, 5) is 11.5. The topological polar surface area (TPSA) is 49.3 Å². The highest BCUT2D eigenvalue weighted by Gasteiger charge is 2.39. The molecular weight excluding hydrogens is 202 g/mol. The van der Waals surface area contributed by atoms with Crippen LogP contribution in [0.3, 0.4) is 0 Å². The van der Waals surface area contributed by atoms with Gasteiger partial charge < -0.3 is 10.4 Å². The van der Waals surface area contributed by atoms with Crippen molar-refractivity contribution in [3.8, 4) is 0 Å². The summed E-state index contributed by atoms with van der Waals surface area (Å²) in [6.07, 6.45) is 1.38. The number of hydrogen-bond donors (Lipinski definition) is 2. The molecule has 1 aromatic carbocycles. The van der Waals surface area contributed by atoms with Crippen LogP contribution in [0.25, 0.3) is 0 Å². The van der Waals surface area contributed by atoms with Gasteiger partial charge >= 0.3 is 0 Å². The van der Waals surface area contributed by atoms with Gasteiger partial charge in [0.25, 0.3) is 5.91 Å². The van der Waals surface area contributed by atoms with Crippen molar-refractivity contribution < 1.29 is 9.90 Å². The molecule has 16 heavy (non-hydrogen) atoms. The maximum absolute atomic E-state index is 11.5. The van der Waals surface area contributed by atoms with Crippen LogP contribution in [0.2, 0.25) is 0 Å². The summed E-state index contributed by atoms with van der Waals surface area (Å²) in [7, 11) is 0. The first kappa shape index (κ1) is 12.7. The van der Waals surface area contributed by atoms with Gasteiger partial charge in [0.05, 0.1) is 0 Å². The van der Waals surface area contributed by atoms with Crippen molar-refractivity contribution in [3.63, 3.8) is 0 Å². The number of carbonyl (C=O) groups excluding carboxylic acids is 1. The Balaban J connectivity index is 0.000000606. The minimum Gasteiger partial charge on any atom is -0.367 e. The van der Waals surface area contributed by atoms with Gasteiger partial charge in [-0.2, -0.15) is 0 Å². The number of nitrogens with one attached hydrogen (secondary N) is 1. The van der Waals surface area contributed by atoms with Gasteiger partial charge in [-0.15, -0.1) is 0 Å². The minimum atomic E-state index is -1.15. The number of benzene rings is 1. The second kappa shape index (κ2) is 5.12. The van der Waals surface area contributed by atoms with Crippen LogP contribution in [-0.4, -0.2) is 11.0 Å². The molecule has 0 saturated heterocycles. The van der Waals surface area contributed by atoms with Gasteiger partial charge in [-0.05, 0) is 12.5 Å². The van der Waals surface area contributed by atoms with Crippen LogP contribution in [0.15, 0.2) is 24.3 Å². The predicted octanol–water partition coefficient (Wildman–Crippen LogP) is 2.40. The lowest BCUT2D eigenvalue weighted by atomic mass is 9.98. The lowest BCUT2D eigenvalue weighted by molar-refractivity contribution is 0.00483. The molecule has 0 aromatic heterocycles. The third kappa shape index (κ3) is 2.09. The third-order valence-corrected chi connectivity index (χ3v) is 2.55. The fourth-order valence-electron chi connectivity index (χ4n) is 1.92. The van der Waals surface area contributed by atoms with Crippen molar-refractivity contribution in [1.82, 2.24) is 5.32 Å². The quantitative estimate of drug-likeness (QED) is 0.805. The van der Waals surface area contributed by atoms with E-state index < -0.39 is 5.72 Å². The van der Waals surface area contributed by atoms with Gasteiger partial charge in [0.2, 0.25) is 0 Å². The third-order valence-electron chi connectivity index (χ3n) is 2.55. The smallest absolute Gasteiger partial charge is 0.254 e. The van der Waals surface area contributed by atoms with E-state index in [4.69, 9.17) is 0 Å². The highest BCUT2D eigenvalue weighted by molar-refractivity contribution is 5.99. The van der Waals surface area contributed by atoms with Crippen molar-refractivity contribution >= 4 is 5.91 Å². The number of fused-ring (bicyclic) bond motifs is 1. The monoisotopic (exact) mass is 221 g/mol. The largest absolute Gasteiger partial charge is 0.367 e. The molecule has 1 aliphatic heterocycles. The van der Waals surface area contributed by atoms with E-state index in [0.29, 0.717) is 17.5 Å².